The van der Waals surface area contributed by atoms with E-state index in [-0.39, 0.29) is 50.8 Å². The molecule has 2 unspecified atom stereocenters. The molecule has 1 aliphatic heterocycles. The van der Waals surface area contributed by atoms with Crippen molar-refractivity contribution in [2.24, 2.45) is 0 Å². The van der Waals surface area contributed by atoms with Crippen LogP contribution in [0.4, 0.5) is 5.69 Å². The number of carbonyl (C=O) groups is 2. The minimum atomic E-state index is -0.590. The summed E-state index contributed by atoms with van der Waals surface area (Å²) >= 11 is 0. The third-order valence-electron chi connectivity index (χ3n) is 4.86. The number of amides is 1. The Balaban J connectivity index is 0.00000261. The summed E-state index contributed by atoms with van der Waals surface area (Å²) in [7, 11) is 0. The molecule has 2 atom stereocenters. The Kier molecular flexibility index (Phi) is 7.90. The third kappa shape index (κ3) is 4.74. The number of carbonyl (C=O) groups excluding carboxylic acids is 2. The van der Waals surface area contributed by atoms with Crippen LogP contribution < -0.4 is 4.90 Å². The van der Waals surface area contributed by atoms with Crippen LogP contribution in [0, 0.1) is 6.92 Å². The van der Waals surface area contributed by atoms with E-state index in [1.807, 2.05) is 55.5 Å². The van der Waals surface area contributed by atoms with Gasteiger partial charge in [-0.15, -0.1) is 0 Å². The zero-order valence-electron chi connectivity index (χ0n) is 15.6. The number of benzene rings is 2. The van der Waals surface area contributed by atoms with Crippen LogP contribution in [0.25, 0.3) is 0 Å². The van der Waals surface area contributed by atoms with Gasteiger partial charge in [0.15, 0.2) is 5.78 Å². The fourth-order valence-corrected chi connectivity index (χ4v) is 3.41. The summed E-state index contributed by atoms with van der Waals surface area (Å²) in [6, 6.07) is 14.4. The molecule has 1 amide bonds. The average Bonchev–Trinajstić information content (AvgIpc) is 2.96. The smallest absolute Gasteiger partial charge is 0.235 e. The topological polar surface area (TPSA) is 57.6 Å². The van der Waals surface area contributed by atoms with Gasteiger partial charge in [-0.2, -0.15) is 6.42 Å². The first kappa shape index (κ1) is 21.9. The fraction of sp³-hybridized carbons (Fsp3) is 0.318. The molecule has 2 aromatic rings. The first-order valence-electron chi connectivity index (χ1n) is 9.06. The van der Waals surface area contributed by atoms with E-state index in [1.165, 1.54) is 0 Å². The van der Waals surface area contributed by atoms with Crippen LogP contribution in [0.15, 0.2) is 48.5 Å². The molecular weight excluding hydrogens is 415 g/mol. The van der Waals surface area contributed by atoms with Gasteiger partial charge in [-0.1, -0.05) is 55.3 Å². The Bertz CT molecular complexity index is 786. The van der Waals surface area contributed by atoms with E-state index < -0.39 is 12.1 Å². The fourth-order valence-electron chi connectivity index (χ4n) is 3.41. The molecule has 1 N–H and O–H groups in total. The molecule has 2 aromatic carbocycles. The largest absolute Gasteiger partial charge is 0.388 e. The molecule has 4 nitrogen and oxygen atoms in total. The molecule has 0 bridgehead atoms. The average molecular weight is 439 g/mol. The van der Waals surface area contributed by atoms with Crippen LogP contribution in [0.3, 0.4) is 0 Å². The van der Waals surface area contributed by atoms with Crippen molar-refractivity contribution in [2.45, 2.75) is 44.8 Å². The standard InChI is InChI=1S/C22H24NO3.Y/c1-3-5-19(24)16-10-12-18(13-11-16)23-21(26)14-20(25)22(23)17-8-6-15(4-2)7-9-17;/h6-13,19,22,24H,2-5,14H2,1H3;/q-1;. The summed E-state index contributed by atoms with van der Waals surface area (Å²) in [5.41, 5.74) is 3.41. The van der Waals surface area contributed by atoms with Crippen molar-refractivity contribution in [1.82, 2.24) is 0 Å². The molecule has 0 aromatic heterocycles. The number of anilines is 1. The van der Waals surface area contributed by atoms with Gasteiger partial charge in [0.1, 0.15) is 6.04 Å². The second-order valence-corrected chi connectivity index (χ2v) is 6.70. The molecule has 0 saturated carbocycles. The number of nitrogens with zero attached hydrogens (tertiary/aromatic N) is 1. The molecule has 0 aliphatic carbocycles. The van der Waals surface area contributed by atoms with Gasteiger partial charge in [-0.25, -0.2) is 0 Å². The van der Waals surface area contributed by atoms with Crippen molar-refractivity contribution < 1.29 is 47.4 Å². The van der Waals surface area contributed by atoms with Gasteiger partial charge in [-0.05, 0) is 29.7 Å². The molecule has 27 heavy (non-hydrogen) atoms. The van der Waals surface area contributed by atoms with Crippen molar-refractivity contribution in [1.29, 1.82) is 0 Å². The van der Waals surface area contributed by atoms with Gasteiger partial charge in [0.25, 0.3) is 0 Å². The van der Waals surface area contributed by atoms with E-state index >= 15 is 0 Å². The quantitative estimate of drug-likeness (QED) is 0.548. The molecular formula is C22H24NO3Y-. The van der Waals surface area contributed by atoms with Gasteiger partial charge in [0, 0.05) is 38.4 Å². The van der Waals surface area contributed by atoms with E-state index in [1.54, 1.807) is 4.90 Å². The molecule has 1 heterocycles. The Hall–Kier alpha value is -1.36. The minimum Gasteiger partial charge on any atom is -0.388 e. The number of Topliss-reactive ketones (excluding diaryl/α,β-unsaturated/α-hetero) is 1. The third-order valence-corrected chi connectivity index (χ3v) is 4.86. The van der Waals surface area contributed by atoms with Crippen molar-refractivity contribution in [2.75, 3.05) is 4.90 Å². The monoisotopic (exact) mass is 439 g/mol. The predicted octanol–water partition coefficient (Wildman–Crippen LogP) is 3.94. The van der Waals surface area contributed by atoms with Gasteiger partial charge in [-0.3, -0.25) is 14.5 Å². The second kappa shape index (κ2) is 9.72. The summed E-state index contributed by atoms with van der Waals surface area (Å²) < 4.78 is 0. The van der Waals surface area contributed by atoms with Crippen molar-refractivity contribution in [3.05, 3.63) is 72.1 Å². The summed E-state index contributed by atoms with van der Waals surface area (Å²) in [6.45, 7) is 5.88. The van der Waals surface area contributed by atoms with Crippen molar-refractivity contribution >= 4 is 17.4 Å². The number of rotatable bonds is 6. The van der Waals surface area contributed by atoms with Gasteiger partial charge >= 0.3 is 0 Å². The predicted molar refractivity (Wildman–Crippen MR) is 102 cm³/mol. The summed E-state index contributed by atoms with van der Waals surface area (Å²) in [4.78, 5) is 26.5. The number of hydrogen-bond acceptors (Lipinski definition) is 3. The van der Waals surface area contributed by atoms with Crippen LogP contribution in [0.2, 0.25) is 0 Å². The Labute approximate surface area is 185 Å². The first-order valence-corrected chi connectivity index (χ1v) is 9.06. The van der Waals surface area contributed by atoms with Crippen molar-refractivity contribution in [3.63, 3.8) is 0 Å². The van der Waals surface area contributed by atoms with Crippen LogP contribution in [-0.4, -0.2) is 16.8 Å². The Morgan fingerprint density at radius 3 is 2.30 bits per heavy atom. The second-order valence-electron chi connectivity index (χ2n) is 6.70. The molecule has 1 radical (unpaired) electrons. The van der Waals surface area contributed by atoms with E-state index in [0.29, 0.717) is 18.5 Å². The van der Waals surface area contributed by atoms with E-state index in [2.05, 4.69) is 6.92 Å². The summed E-state index contributed by atoms with van der Waals surface area (Å²) in [5, 5.41) is 10.1. The van der Waals surface area contributed by atoms with E-state index in [4.69, 9.17) is 0 Å². The minimum absolute atomic E-state index is 0. The molecule has 5 heteroatoms. The maximum absolute atomic E-state index is 12.5. The molecule has 3 rings (SSSR count). The first-order chi connectivity index (χ1) is 12.5. The zero-order valence-corrected chi connectivity index (χ0v) is 18.4. The Morgan fingerprint density at radius 2 is 1.74 bits per heavy atom. The van der Waals surface area contributed by atoms with Crippen LogP contribution in [0.5, 0.6) is 0 Å². The van der Waals surface area contributed by atoms with Gasteiger partial charge < -0.3 is 12.0 Å². The molecule has 1 aliphatic rings. The molecule has 1 fully saturated rings. The van der Waals surface area contributed by atoms with Gasteiger partial charge in [0.05, 0.1) is 12.5 Å². The molecule has 0 spiro atoms. The number of ketones is 1. The normalized spacial score (nSPS) is 17.7. The van der Waals surface area contributed by atoms with Crippen LogP contribution in [0.1, 0.15) is 55.0 Å². The molecule has 139 valence electrons. The number of aliphatic hydroxyl groups excluding tert-OH is 1. The number of aliphatic hydroxyl groups is 1. The van der Waals surface area contributed by atoms with Crippen LogP contribution >= 0.6 is 0 Å². The Morgan fingerprint density at radius 1 is 1.11 bits per heavy atom. The maximum Gasteiger partial charge on any atom is 0.235 e. The molecule has 1 saturated heterocycles. The van der Waals surface area contributed by atoms with Crippen LogP contribution in [-0.2, 0) is 48.7 Å². The zero-order chi connectivity index (χ0) is 18.7. The summed E-state index contributed by atoms with van der Waals surface area (Å²) in [6.07, 6.45) is 1.69. The van der Waals surface area contributed by atoms with Crippen molar-refractivity contribution in [3.8, 4) is 0 Å². The van der Waals surface area contributed by atoms with E-state index in [0.717, 1.165) is 23.1 Å². The van der Waals surface area contributed by atoms with Gasteiger partial charge in [0.2, 0.25) is 5.91 Å². The maximum atomic E-state index is 12.5. The summed E-state index contributed by atoms with van der Waals surface area (Å²) in [5.74, 6) is -0.282. The number of hydrogen-bond donors (Lipinski definition) is 1. The van der Waals surface area contributed by atoms with E-state index in [9.17, 15) is 14.7 Å². The SMILES string of the molecule is [CH2-]Cc1ccc(C2C(=O)CC(=O)N2c2ccc(C(O)CCC)cc2)cc1.[Y].